The van der Waals surface area contributed by atoms with E-state index in [-0.39, 0.29) is 0 Å². The van der Waals surface area contributed by atoms with Crippen LogP contribution < -0.4 is 11.5 Å². The molecule has 0 bridgehead atoms. The number of hydrogen-bond donors (Lipinski definition) is 2. The van der Waals surface area contributed by atoms with Gasteiger partial charge in [0.1, 0.15) is 5.82 Å². The van der Waals surface area contributed by atoms with Crippen molar-refractivity contribution >= 4 is 5.82 Å². The Morgan fingerprint density at radius 1 is 1.06 bits per heavy atom. The number of nitrogens with zero attached hydrogens (tertiary/aromatic N) is 1. The highest BCUT2D eigenvalue weighted by atomic mass is 14.8. The number of anilines is 1. The molecule has 1 aromatic heterocycles. The maximum Gasteiger partial charge on any atom is 0.128 e. The average molecular weight is 227 g/mol. The molecule has 0 aliphatic rings. The molecule has 1 heterocycles. The van der Waals surface area contributed by atoms with Crippen molar-refractivity contribution in [3.63, 3.8) is 0 Å². The molecule has 17 heavy (non-hydrogen) atoms. The molecule has 0 atom stereocenters. The molecule has 3 nitrogen and oxygen atoms in total. The monoisotopic (exact) mass is 227 g/mol. The lowest BCUT2D eigenvalue weighted by Gasteiger charge is -2.06. The van der Waals surface area contributed by atoms with E-state index < -0.39 is 0 Å². The van der Waals surface area contributed by atoms with Gasteiger partial charge in [0, 0.05) is 17.7 Å². The lowest BCUT2D eigenvalue weighted by Crippen LogP contribution is -2.03. The molecule has 0 saturated heterocycles. The number of pyridine rings is 1. The number of aryl methyl sites for hydroxylation is 1. The van der Waals surface area contributed by atoms with Crippen LogP contribution >= 0.6 is 0 Å². The van der Waals surface area contributed by atoms with Crippen molar-refractivity contribution in [2.24, 2.45) is 5.73 Å². The summed E-state index contributed by atoms with van der Waals surface area (Å²) in [4.78, 5) is 4.37. The fourth-order valence-electron chi connectivity index (χ4n) is 1.75. The number of aromatic nitrogens is 1. The van der Waals surface area contributed by atoms with Gasteiger partial charge in [-0.3, -0.25) is 0 Å². The van der Waals surface area contributed by atoms with Crippen LogP contribution in [0.15, 0.2) is 36.4 Å². The molecule has 0 fully saturated rings. The second-order valence-electron chi connectivity index (χ2n) is 4.00. The van der Waals surface area contributed by atoms with Gasteiger partial charge >= 0.3 is 0 Å². The molecule has 4 N–H and O–H groups in total. The Morgan fingerprint density at radius 2 is 1.76 bits per heavy atom. The van der Waals surface area contributed by atoms with Crippen LogP contribution in [0.2, 0.25) is 0 Å². The summed E-state index contributed by atoms with van der Waals surface area (Å²) in [5, 5.41) is 0. The highest BCUT2D eigenvalue weighted by molar-refractivity contribution is 5.62. The molecule has 0 amide bonds. The van der Waals surface area contributed by atoms with Crippen molar-refractivity contribution in [3.8, 4) is 11.3 Å². The Labute approximate surface area is 101 Å². The Bertz CT molecular complexity index is 503. The van der Waals surface area contributed by atoms with E-state index in [0.29, 0.717) is 12.4 Å². The van der Waals surface area contributed by atoms with Crippen LogP contribution in [-0.2, 0) is 13.0 Å². The maximum absolute atomic E-state index is 5.83. The second-order valence-corrected chi connectivity index (χ2v) is 4.00. The van der Waals surface area contributed by atoms with Gasteiger partial charge in [-0.25, -0.2) is 4.98 Å². The topological polar surface area (TPSA) is 64.9 Å². The van der Waals surface area contributed by atoms with Crippen molar-refractivity contribution in [3.05, 3.63) is 47.5 Å². The molecule has 0 spiro atoms. The van der Waals surface area contributed by atoms with E-state index in [1.807, 2.05) is 12.1 Å². The fourth-order valence-corrected chi connectivity index (χ4v) is 1.75. The molecular weight excluding hydrogens is 210 g/mol. The van der Waals surface area contributed by atoms with E-state index in [2.05, 4.69) is 36.2 Å². The minimum Gasteiger partial charge on any atom is -0.383 e. The van der Waals surface area contributed by atoms with E-state index >= 15 is 0 Å². The van der Waals surface area contributed by atoms with Crippen LogP contribution in [0.3, 0.4) is 0 Å². The molecule has 0 saturated carbocycles. The van der Waals surface area contributed by atoms with Crippen LogP contribution in [0.4, 0.5) is 5.82 Å². The summed E-state index contributed by atoms with van der Waals surface area (Å²) in [5.41, 5.74) is 15.6. The van der Waals surface area contributed by atoms with E-state index in [0.717, 1.165) is 23.2 Å². The summed E-state index contributed by atoms with van der Waals surface area (Å²) in [5.74, 6) is 0.518. The zero-order chi connectivity index (χ0) is 12.3. The Balaban J connectivity index is 2.35. The number of rotatable bonds is 3. The number of benzene rings is 1. The van der Waals surface area contributed by atoms with E-state index in [1.54, 1.807) is 0 Å². The van der Waals surface area contributed by atoms with Crippen LogP contribution in [0.25, 0.3) is 11.3 Å². The first kappa shape index (κ1) is 11.6. The summed E-state index contributed by atoms with van der Waals surface area (Å²) in [6.07, 6.45) is 1.04. The fraction of sp³-hybridized carbons (Fsp3) is 0.214. The largest absolute Gasteiger partial charge is 0.383 e. The third kappa shape index (κ3) is 2.45. The second kappa shape index (κ2) is 4.97. The number of nitrogens with two attached hydrogens (primary N) is 2. The number of nitrogen functional groups attached to an aromatic ring is 1. The van der Waals surface area contributed by atoms with E-state index in [9.17, 15) is 0 Å². The van der Waals surface area contributed by atoms with Crippen molar-refractivity contribution in [2.75, 3.05) is 5.73 Å². The van der Waals surface area contributed by atoms with Gasteiger partial charge in [-0.05, 0) is 18.1 Å². The third-order valence-electron chi connectivity index (χ3n) is 2.89. The van der Waals surface area contributed by atoms with Crippen molar-refractivity contribution < 1.29 is 0 Å². The molecule has 0 unspecified atom stereocenters. The van der Waals surface area contributed by atoms with Crippen molar-refractivity contribution in [1.82, 2.24) is 4.98 Å². The molecule has 0 radical (unpaired) electrons. The predicted molar refractivity (Wildman–Crippen MR) is 71.4 cm³/mol. The summed E-state index contributed by atoms with van der Waals surface area (Å²) in [6, 6.07) is 12.3. The molecule has 1 aromatic carbocycles. The molecular formula is C14H17N3. The van der Waals surface area contributed by atoms with Crippen LogP contribution in [0.5, 0.6) is 0 Å². The Morgan fingerprint density at radius 3 is 2.29 bits per heavy atom. The molecule has 0 aliphatic heterocycles. The van der Waals surface area contributed by atoms with Crippen molar-refractivity contribution in [2.45, 2.75) is 19.9 Å². The lowest BCUT2D eigenvalue weighted by molar-refractivity contribution is 1.06. The van der Waals surface area contributed by atoms with Gasteiger partial charge in [-0.2, -0.15) is 0 Å². The van der Waals surface area contributed by atoms with Crippen LogP contribution in [0.1, 0.15) is 18.1 Å². The van der Waals surface area contributed by atoms with Gasteiger partial charge in [0.2, 0.25) is 0 Å². The molecule has 2 rings (SSSR count). The lowest BCUT2D eigenvalue weighted by atomic mass is 10.1. The smallest absolute Gasteiger partial charge is 0.128 e. The predicted octanol–water partition coefficient (Wildman–Crippen LogP) is 2.35. The van der Waals surface area contributed by atoms with Gasteiger partial charge < -0.3 is 11.5 Å². The van der Waals surface area contributed by atoms with Gasteiger partial charge in [-0.15, -0.1) is 0 Å². The highest BCUT2D eigenvalue weighted by Gasteiger charge is 2.03. The van der Waals surface area contributed by atoms with Crippen LogP contribution in [-0.4, -0.2) is 4.98 Å². The standard InChI is InChI=1S/C14H17N3/c1-2-10-3-5-11(6-4-10)13-8-7-12(9-15)14(16)17-13/h3-8H,2,9,15H2,1H3,(H2,16,17). The Kier molecular flexibility index (Phi) is 3.40. The highest BCUT2D eigenvalue weighted by Crippen LogP contribution is 2.20. The van der Waals surface area contributed by atoms with Gasteiger partial charge in [-0.1, -0.05) is 37.3 Å². The summed E-state index contributed by atoms with van der Waals surface area (Å²) in [7, 11) is 0. The van der Waals surface area contributed by atoms with E-state index in [4.69, 9.17) is 11.5 Å². The first-order valence-corrected chi connectivity index (χ1v) is 5.79. The third-order valence-corrected chi connectivity index (χ3v) is 2.89. The minimum atomic E-state index is 0.424. The first-order chi connectivity index (χ1) is 8.24. The van der Waals surface area contributed by atoms with E-state index in [1.165, 1.54) is 5.56 Å². The number of hydrogen-bond acceptors (Lipinski definition) is 3. The normalized spacial score (nSPS) is 10.5. The van der Waals surface area contributed by atoms with Gasteiger partial charge in [0.25, 0.3) is 0 Å². The summed E-state index contributed by atoms with van der Waals surface area (Å²) < 4.78 is 0. The molecule has 2 aromatic rings. The Hall–Kier alpha value is -1.87. The molecule has 88 valence electrons. The zero-order valence-electron chi connectivity index (χ0n) is 9.98. The SMILES string of the molecule is CCc1ccc(-c2ccc(CN)c(N)n2)cc1. The quantitative estimate of drug-likeness (QED) is 0.846. The molecule has 0 aliphatic carbocycles. The summed E-state index contributed by atoms with van der Waals surface area (Å²) in [6.45, 7) is 2.56. The average Bonchev–Trinajstić information content (AvgIpc) is 2.39. The van der Waals surface area contributed by atoms with Gasteiger partial charge in [0.05, 0.1) is 5.69 Å². The van der Waals surface area contributed by atoms with Gasteiger partial charge in [0.15, 0.2) is 0 Å². The molecule has 3 heteroatoms. The summed E-state index contributed by atoms with van der Waals surface area (Å²) >= 11 is 0. The first-order valence-electron chi connectivity index (χ1n) is 5.79. The maximum atomic E-state index is 5.83. The van der Waals surface area contributed by atoms with Crippen molar-refractivity contribution in [1.29, 1.82) is 0 Å². The zero-order valence-corrected chi connectivity index (χ0v) is 9.98. The van der Waals surface area contributed by atoms with Crippen LogP contribution in [0, 0.1) is 0 Å². The minimum absolute atomic E-state index is 0.424.